The Balaban J connectivity index is 1.78. The molecule has 1 saturated heterocycles. The molecule has 3 heteroatoms. The summed E-state index contributed by atoms with van der Waals surface area (Å²) in [7, 11) is 0. The first-order chi connectivity index (χ1) is 9.85. The van der Waals surface area contributed by atoms with Gasteiger partial charge in [-0.2, -0.15) is 0 Å². The van der Waals surface area contributed by atoms with Crippen LogP contribution in [0.5, 0.6) is 0 Å². The molecule has 2 atom stereocenters. The van der Waals surface area contributed by atoms with Crippen LogP contribution in [0.25, 0.3) is 10.9 Å². The van der Waals surface area contributed by atoms with E-state index < -0.39 is 0 Å². The van der Waals surface area contributed by atoms with Crippen LogP contribution in [0.15, 0.2) is 30.3 Å². The molecular formula is C17H19ClN2. The van der Waals surface area contributed by atoms with Gasteiger partial charge in [-0.15, -0.1) is 11.6 Å². The predicted molar refractivity (Wildman–Crippen MR) is 84.3 cm³/mol. The highest BCUT2D eigenvalue weighted by atomic mass is 35.5. The Morgan fingerprint density at radius 3 is 2.65 bits per heavy atom. The van der Waals surface area contributed by atoms with Crippen LogP contribution in [-0.2, 0) is 5.88 Å². The van der Waals surface area contributed by atoms with Crippen molar-refractivity contribution >= 4 is 28.2 Å². The first kappa shape index (κ1) is 12.5. The molecule has 104 valence electrons. The molecule has 1 saturated carbocycles. The first-order valence-corrected chi connectivity index (χ1v) is 8.08. The van der Waals surface area contributed by atoms with Crippen molar-refractivity contribution < 1.29 is 0 Å². The number of halogens is 1. The van der Waals surface area contributed by atoms with Crippen molar-refractivity contribution in [1.29, 1.82) is 0 Å². The van der Waals surface area contributed by atoms with E-state index in [1.807, 2.05) is 0 Å². The number of rotatable bonds is 2. The number of para-hydroxylation sites is 1. The number of nitrogens with zero attached hydrogens (tertiary/aromatic N) is 2. The Labute approximate surface area is 124 Å². The summed E-state index contributed by atoms with van der Waals surface area (Å²) in [5.74, 6) is 2.29. The minimum absolute atomic E-state index is 0.485. The van der Waals surface area contributed by atoms with Gasteiger partial charge in [0.2, 0.25) is 0 Å². The molecule has 0 amide bonds. The minimum Gasteiger partial charge on any atom is -0.370 e. The minimum atomic E-state index is 0.485. The average molecular weight is 287 g/mol. The number of pyridine rings is 1. The second-order valence-electron chi connectivity index (χ2n) is 6.14. The Morgan fingerprint density at radius 1 is 1.15 bits per heavy atom. The van der Waals surface area contributed by atoms with Crippen molar-refractivity contribution in [2.75, 3.05) is 18.0 Å². The van der Waals surface area contributed by atoms with Gasteiger partial charge < -0.3 is 4.90 Å². The molecule has 2 aliphatic rings. The lowest BCUT2D eigenvalue weighted by Gasteiger charge is -2.22. The smallest absolute Gasteiger partial charge is 0.0726 e. The van der Waals surface area contributed by atoms with Crippen molar-refractivity contribution in [1.82, 2.24) is 4.98 Å². The molecular weight excluding hydrogens is 268 g/mol. The highest BCUT2D eigenvalue weighted by Gasteiger charge is 2.36. The standard InChI is InChI=1S/C17H19ClN2/c18-9-14-8-17(15-6-1-2-7-16(15)19-14)20-10-12-4-3-5-13(12)11-20/h1-2,6-8,12-13H,3-5,9-11H2. The molecule has 1 aromatic carbocycles. The number of aromatic nitrogens is 1. The van der Waals surface area contributed by atoms with Gasteiger partial charge in [-0.3, -0.25) is 4.98 Å². The molecule has 2 heterocycles. The Kier molecular flexibility index (Phi) is 3.07. The zero-order valence-electron chi connectivity index (χ0n) is 11.6. The summed E-state index contributed by atoms with van der Waals surface area (Å²) in [6.07, 6.45) is 4.24. The lowest BCUT2D eigenvalue weighted by Crippen LogP contribution is -2.21. The van der Waals surface area contributed by atoms with E-state index in [0.717, 1.165) is 23.0 Å². The molecule has 0 bridgehead atoms. The molecule has 1 aliphatic carbocycles. The van der Waals surface area contributed by atoms with Crippen molar-refractivity contribution in [3.63, 3.8) is 0 Å². The van der Waals surface area contributed by atoms with Crippen LogP contribution in [0.2, 0.25) is 0 Å². The van der Waals surface area contributed by atoms with Gasteiger partial charge in [0, 0.05) is 24.2 Å². The van der Waals surface area contributed by atoms with Crippen molar-refractivity contribution in [3.8, 4) is 0 Å². The SMILES string of the molecule is ClCc1cc(N2CC3CCCC3C2)c2ccccc2n1. The van der Waals surface area contributed by atoms with Crippen molar-refractivity contribution in [2.24, 2.45) is 11.8 Å². The predicted octanol–water partition coefficient (Wildman–Crippen LogP) is 4.21. The quantitative estimate of drug-likeness (QED) is 0.769. The maximum Gasteiger partial charge on any atom is 0.0726 e. The third-order valence-electron chi connectivity index (χ3n) is 4.95. The van der Waals surface area contributed by atoms with E-state index >= 15 is 0 Å². The summed E-state index contributed by atoms with van der Waals surface area (Å²) in [6.45, 7) is 2.42. The fraction of sp³-hybridized carbons (Fsp3) is 0.471. The summed E-state index contributed by atoms with van der Waals surface area (Å²) >= 11 is 6.02. The lowest BCUT2D eigenvalue weighted by molar-refractivity contribution is 0.494. The molecule has 2 unspecified atom stereocenters. The lowest BCUT2D eigenvalue weighted by atomic mass is 10.0. The zero-order valence-corrected chi connectivity index (χ0v) is 12.3. The normalized spacial score (nSPS) is 25.4. The van der Waals surface area contributed by atoms with Crippen LogP contribution in [0.4, 0.5) is 5.69 Å². The highest BCUT2D eigenvalue weighted by Crippen LogP contribution is 2.41. The van der Waals surface area contributed by atoms with Gasteiger partial charge in [0.15, 0.2) is 0 Å². The third kappa shape index (κ3) is 1.98. The maximum atomic E-state index is 6.02. The molecule has 2 fully saturated rings. The van der Waals surface area contributed by atoms with E-state index in [1.54, 1.807) is 0 Å². The van der Waals surface area contributed by atoms with Gasteiger partial charge in [0.05, 0.1) is 17.1 Å². The number of anilines is 1. The van der Waals surface area contributed by atoms with E-state index in [9.17, 15) is 0 Å². The van der Waals surface area contributed by atoms with Crippen LogP contribution >= 0.6 is 11.6 Å². The second kappa shape index (κ2) is 4.92. The molecule has 2 aromatic rings. The van der Waals surface area contributed by atoms with Crippen LogP contribution in [0, 0.1) is 11.8 Å². The van der Waals surface area contributed by atoms with E-state index in [-0.39, 0.29) is 0 Å². The summed E-state index contributed by atoms with van der Waals surface area (Å²) in [5.41, 5.74) is 3.38. The van der Waals surface area contributed by atoms with Gasteiger partial charge in [0.25, 0.3) is 0 Å². The third-order valence-corrected chi connectivity index (χ3v) is 5.23. The Bertz CT molecular complexity index is 628. The fourth-order valence-corrected chi connectivity index (χ4v) is 4.11. The summed E-state index contributed by atoms with van der Waals surface area (Å²) in [6, 6.07) is 10.6. The zero-order chi connectivity index (χ0) is 13.5. The van der Waals surface area contributed by atoms with Crippen molar-refractivity contribution in [2.45, 2.75) is 25.1 Å². The van der Waals surface area contributed by atoms with Crippen LogP contribution in [0.3, 0.4) is 0 Å². The van der Waals surface area contributed by atoms with Gasteiger partial charge in [-0.25, -0.2) is 0 Å². The van der Waals surface area contributed by atoms with Crippen LogP contribution in [-0.4, -0.2) is 18.1 Å². The Hall–Kier alpha value is -1.28. The summed E-state index contributed by atoms with van der Waals surface area (Å²) in [4.78, 5) is 7.20. The molecule has 0 spiro atoms. The Morgan fingerprint density at radius 2 is 1.90 bits per heavy atom. The van der Waals surface area contributed by atoms with Crippen molar-refractivity contribution in [3.05, 3.63) is 36.0 Å². The van der Waals surface area contributed by atoms with Gasteiger partial charge in [0.1, 0.15) is 0 Å². The number of alkyl halides is 1. The highest BCUT2D eigenvalue weighted by molar-refractivity contribution is 6.17. The second-order valence-corrected chi connectivity index (χ2v) is 6.41. The molecule has 0 N–H and O–H groups in total. The summed E-state index contributed by atoms with van der Waals surface area (Å²) in [5, 5.41) is 1.27. The number of hydrogen-bond donors (Lipinski definition) is 0. The number of fused-ring (bicyclic) bond motifs is 2. The van der Waals surface area contributed by atoms with Crippen LogP contribution < -0.4 is 4.90 Å². The first-order valence-electron chi connectivity index (χ1n) is 7.55. The van der Waals surface area contributed by atoms with E-state index in [2.05, 4.69) is 40.2 Å². The largest absolute Gasteiger partial charge is 0.370 e. The topological polar surface area (TPSA) is 16.1 Å². The monoisotopic (exact) mass is 286 g/mol. The molecule has 2 nitrogen and oxygen atoms in total. The summed E-state index contributed by atoms with van der Waals surface area (Å²) < 4.78 is 0. The number of benzene rings is 1. The van der Waals surface area contributed by atoms with E-state index in [0.29, 0.717) is 5.88 Å². The molecule has 20 heavy (non-hydrogen) atoms. The maximum absolute atomic E-state index is 6.02. The number of hydrogen-bond acceptors (Lipinski definition) is 2. The molecule has 1 aromatic heterocycles. The van der Waals surface area contributed by atoms with Crippen LogP contribution in [0.1, 0.15) is 25.0 Å². The fourth-order valence-electron chi connectivity index (χ4n) is 3.97. The van der Waals surface area contributed by atoms with E-state index in [4.69, 9.17) is 11.6 Å². The molecule has 0 radical (unpaired) electrons. The molecule has 1 aliphatic heterocycles. The van der Waals surface area contributed by atoms with Gasteiger partial charge in [-0.1, -0.05) is 24.6 Å². The van der Waals surface area contributed by atoms with E-state index in [1.165, 1.54) is 43.4 Å². The van der Waals surface area contributed by atoms with Gasteiger partial charge >= 0.3 is 0 Å². The average Bonchev–Trinajstić information content (AvgIpc) is 3.07. The van der Waals surface area contributed by atoms with Gasteiger partial charge in [-0.05, 0) is 36.8 Å². The molecule has 4 rings (SSSR count).